The molecule has 0 aliphatic carbocycles. The summed E-state index contributed by atoms with van der Waals surface area (Å²) in [6.45, 7) is 1.74. The maximum atomic E-state index is 5.94. The molecular weight excluding hydrogens is 214 g/mol. The van der Waals surface area contributed by atoms with Crippen molar-refractivity contribution < 1.29 is 4.52 Å². The van der Waals surface area contributed by atoms with E-state index >= 15 is 0 Å². The van der Waals surface area contributed by atoms with Crippen molar-refractivity contribution in [3.05, 3.63) is 47.6 Å². The quantitative estimate of drug-likeness (QED) is 0.847. The summed E-state index contributed by atoms with van der Waals surface area (Å²) in [5, 5.41) is 3.78. The number of nitrogens with zero attached hydrogens (tertiary/aromatic N) is 2. The van der Waals surface area contributed by atoms with E-state index in [-0.39, 0.29) is 18.4 Å². The van der Waals surface area contributed by atoms with Gasteiger partial charge in [-0.2, -0.15) is 4.98 Å². The fourth-order valence-corrected chi connectivity index (χ4v) is 1.25. The van der Waals surface area contributed by atoms with Crippen LogP contribution in [0.3, 0.4) is 0 Å². The van der Waals surface area contributed by atoms with E-state index in [1.54, 1.807) is 6.92 Å². The zero-order chi connectivity index (χ0) is 9.97. The molecule has 1 aromatic carbocycles. The van der Waals surface area contributed by atoms with Crippen LogP contribution in [0.15, 0.2) is 34.9 Å². The molecule has 2 rings (SSSR count). The number of hydrogen-bond donors (Lipinski definition) is 1. The van der Waals surface area contributed by atoms with Crippen LogP contribution >= 0.6 is 12.4 Å². The van der Waals surface area contributed by atoms with Gasteiger partial charge < -0.3 is 10.3 Å². The van der Waals surface area contributed by atoms with Crippen LogP contribution in [0.1, 0.15) is 23.3 Å². The summed E-state index contributed by atoms with van der Waals surface area (Å²) in [5.74, 6) is 1.06. The van der Waals surface area contributed by atoms with Crippen molar-refractivity contribution in [1.82, 2.24) is 10.1 Å². The Morgan fingerprint density at radius 2 is 1.93 bits per heavy atom. The van der Waals surface area contributed by atoms with Crippen LogP contribution in [-0.2, 0) is 0 Å². The van der Waals surface area contributed by atoms with Crippen molar-refractivity contribution >= 4 is 12.4 Å². The summed E-state index contributed by atoms with van der Waals surface area (Å²) in [7, 11) is 0. The highest BCUT2D eigenvalue weighted by atomic mass is 35.5. The average Bonchev–Trinajstić information content (AvgIpc) is 2.65. The molecule has 0 saturated heterocycles. The first-order chi connectivity index (χ1) is 6.77. The van der Waals surface area contributed by atoms with Crippen LogP contribution in [0.25, 0.3) is 0 Å². The first kappa shape index (κ1) is 11.7. The maximum absolute atomic E-state index is 5.94. The van der Waals surface area contributed by atoms with E-state index in [9.17, 15) is 0 Å². The summed E-state index contributed by atoms with van der Waals surface area (Å²) < 4.78 is 4.87. The number of aromatic nitrogens is 2. The molecular formula is C10H12ClN3O. The van der Waals surface area contributed by atoms with E-state index in [0.717, 1.165) is 5.56 Å². The smallest absolute Gasteiger partial charge is 0.223 e. The summed E-state index contributed by atoms with van der Waals surface area (Å²) in [4.78, 5) is 4.08. The largest absolute Gasteiger partial charge is 0.340 e. The van der Waals surface area contributed by atoms with Gasteiger partial charge in [-0.15, -0.1) is 12.4 Å². The van der Waals surface area contributed by atoms with Crippen molar-refractivity contribution in [2.24, 2.45) is 5.73 Å². The predicted octanol–water partition coefficient (Wildman–Crippen LogP) is 1.85. The molecule has 0 amide bonds. The Bertz CT molecular complexity index is 416. The van der Waals surface area contributed by atoms with Gasteiger partial charge in [0.25, 0.3) is 0 Å². The zero-order valence-electron chi connectivity index (χ0n) is 8.25. The van der Waals surface area contributed by atoms with Gasteiger partial charge in [0.2, 0.25) is 5.89 Å². The summed E-state index contributed by atoms with van der Waals surface area (Å²) in [6.07, 6.45) is 0. The standard InChI is InChI=1S/C10H11N3O.ClH/c1-7-12-10(13-14-7)9(11)8-5-3-2-4-6-8;/h2-6,9H,11H2,1H3;1H. The first-order valence-electron chi connectivity index (χ1n) is 4.38. The van der Waals surface area contributed by atoms with Crippen LogP contribution in [0.2, 0.25) is 0 Å². The Morgan fingerprint density at radius 3 is 2.47 bits per heavy atom. The molecule has 1 atom stereocenters. The highest BCUT2D eigenvalue weighted by Gasteiger charge is 2.13. The molecule has 1 aromatic heterocycles. The van der Waals surface area contributed by atoms with Gasteiger partial charge in [-0.3, -0.25) is 0 Å². The van der Waals surface area contributed by atoms with Gasteiger partial charge in [-0.25, -0.2) is 0 Å². The van der Waals surface area contributed by atoms with Gasteiger partial charge in [0.1, 0.15) is 0 Å². The van der Waals surface area contributed by atoms with Crippen molar-refractivity contribution in [3.8, 4) is 0 Å². The molecule has 0 aliphatic rings. The van der Waals surface area contributed by atoms with Crippen LogP contribution in [0, 0.1) is 6.92 Å². The Morgan fingerprint density at radius 1 is 1.27 bits per heavy atom. The highest BCUT2D eigenvalue weighted by Crippen LogP contribution is 2.15. The van der Waals surface area contributed by atoms with Crippen molar-refractivity contribution in [2.75, 3.05) is 0 Å². The van der Waals surface area contributed by atoms with Gasteiger partial charge in [0, 0.05) is 6.92 Å². The second-order valence-electron chi connectivity index (χ2n) is 3.06. The molecule has 5 heteroatoms. The van der Waals surface area contributed by atoms with Gasteiger partial charge in [0.15, 0.2) is 5.82 Å². The van der Waals surface area contributed by atoms with Crippen LogP contribution in [0.4, 0.5) is 0 Å². The minimum absolute atomic E-state index is 0. The number of halogens is 1. The van der Waals surface area contributed by atoms with E-state index < -0.39 is 0 Å². The summed E-state index contributed by atoms with van der Waals surface area (Å²) in [6, 6.07) is 9.38. The Balaban J connectivity index is 0.00000112. The van der Waals surface area contributed by atoms with Gasteiger partial charge in [-0.1, -0.05) is 35.5 Å². The lowest BCUT2D eigenvalue weighted by molar-refractivity contribution is 0.385. The zero-order valence-corrected chi connectivity index (χ0v) is 9.07. The molecule has 1 heterocycles. The molecule has 0 radical (unpaired) electrons. The second-order valence-corrected chi connectivity index (χ2v) is 3.06. The molecule has 0 saturated carbocycles. The minimum Gasteiger partial charge on any atom is -0.340 e. The van der Waals surface area contributed by atoms with E-state index in [0.29, 0.717) is 11.7 Å². The van der Waals surface area contributed by atoms with Gasteiger partial charge in [0.05, 0.1) is 6.04 Å². The Labute approximate surface area is 93.9 Å². The van der Waals surface area contributed by atoms with Gasteiger partial charge in [-0.05, 0) is 5.56 Å². The average molecular weight is 226 g/mol. The lowest BCUT2D eigenvalue weighted by atomic mass is 10.1. The van der Waals surface area contributed by atoms with E-state index in [4.69, 9.17) is 10.3 Å². The third kappa shape index (κ3) is 2.55. The van der Waals surface area contributed by atoms with Crippen LogP contribution < -0.4 is 5.73 Å². The fraction of sp³-hybridized carbons (Fsp3) is 0.200. The molecule has 80 valence electrons. The van der Waals surface area contributed by atoms with Crippen molar-refractivity contribution in [1.29, 1.82) is 0 Å². The SMILES string of the molecule is Cc1nc(C(N)c2ccccc2)no1.Cl. The number of benzene rings is 1. The van der Waals surface area contributed by atoms with E-state index in [1.807, 2.05) is 30.3 Å². The summed E-state index contributed by atoms with van der Waals surface area (Å²) >= 11 is 0. The lowest BCUT2D eigenvalue weighted by Gasteiger charge is -2.05. The molecule has 1 unspecified atom stereocenters. The van der Waals surface area contributed by atoms with E-state index in [2.05, 4.69) is 10.1 Å². The molecule has 15 heavy (non-hydrogen) atoms. The molecule has 0 spiro atoms. The van der Waals surface area contributed by atoms with Gasteiger partial charge >= 0.3 is 0 Å². The molecule has 2 aromatic rings. The molecule has 0 bridgehead atoms. The third-order valence-electron chi connectivity index (χ3n) is 1.98. The van der Waals surface area contributed by atoms with Crippen LogP contribution in [-0.4, -0.2) is 10.1 Å². The third-order valence-corrected chi connectivity index (χ3v) is 1.98. The monoisotopic (exact) mass is 225 g/mol. The highest BCUT2D eigenvalue weighted by molar-refractivity contribution is 5.85. The topological polar surface area (TPSA) is 64.9 Å². The first-order valence-corrected chi connectivity index (χ1v) is 4.38. The Kier molecular flexibility index (Phi) is 3.82. The number of nitrogens with two attached hydrogens (primary N) is 1. The maximum Gasteiger partial charge on any atom is 0.223 e. The Hall–Kier alpha value is -1.39. The minimum atomic E-state index is -0.311. The van der Waals surface area contributed by atoms with Crippen molar-refractivity contribution in [2.45, 2.75) is 13.0 Å². The van der Waals surface area contributed by atoms with Crippen molar-refractivity contribution in [3.63, 3.8) is 0 Å². The molecule has 4 nitrogen and oxygen atoms in total. The lowest BCUT2D eigenvalue weighted by Crippen LogP contribution is -2.13. The number of rotatable bonds is 2. The normalized spacial score (nSPS) is 11.9. The van der Waals surface area contributed by atoms with E-state index in [1.165, 1.54) is 0 Å². The number of aryl methyl sites for hydroxylation is 1. The molecule has 2 N–H and O–H groups in total. The second kappa shape index (κ2) is 4.91. The predicted molar refractivity (Wildman–Crippen MR) is 58.8 cm³/mol. The summed E-state index contributed by atoms with van der Waals surface area (Å²) in [5.41, 5.74) is 6.92. The van der Waals surface area contributed by atoms with Crippen LogP contribution in [0.5, 0.6) is 0 Å². The number of hydrogen-bond acceptors (Lipinski definition) is 4. The molecule has 0 fully saturated rings. The molecule has 0 aliphatic heterocycles. The fourth-order valence-electron chi connectivity index (χ4n) is 1.25.